The van der Waals surface area contributed by atoms with Gasteiger partial charge in [0.15, 0.2) is 17.1 Å². The smallest absolute Gasteiger partial charge is 0.308 e. The first-order valence-electron chi connectivity index (χ1n) is 5.06. The molecule has 7 nitrogen and oxygen atoms in total. The molecule has 0 spiro atoms. The molecular weight excluding hydrogens is 248 g/mol. The molecule has 1 aromatic rings. The van der Waals surface area contributed by atoms with Crippen molar-refractivity contribution in [1.82, 2.24) is 9.97 Å². The van der Waals surface area contributed by atoms with E-state index in [9.17, 15) is 9.59 Å². The van der Waals surface area contributed by atoms with Crippen LogP contribution in [0.2, 0.25) is 0 Å². The van der Waals surface area contributed by atoms with Gasteiger partial charge in [0, 0.05) is 26.2 Å². The lowest BCUT2D eigenvalue weighted by Gasteiger charge is -2.08. The predicted molar refractivity (Wildman–Crippen MR) is 61.9 cm³/mol. The fourth-order valence-corrected chi connectivity index (χ4v) is 1.25. The third-order valence-electron chi connectivity index (χ3n) is 1.94. The van der Waals surface area contributed by atoms with E-state index in [1.807, 2.05) is 0 Å². The van der Waals surface area contributed by atoms with E-state index in [0.29, 0.717) is 0 Å². The highest BCUT2D eigenvalue weighted by molar-refractivity contribution is 5.97. The van der Waals surface area contributed by atoms with E-state index in [0.717, 1.165) is 6.92 Å². The maximum atomic E-state index is 11.4. The first-order chi connectivity index (χ1) is 9.01. The minimum Gasteiger partial charge on any atom is -0.422 e. The molecule has 1 rings (SSSR count). The number of carbonyl (C=O) groups excluding carboxylic acids is 2. The molecule has 0 fully saturated rings. The standard InChI is InChI=1S/C12H8N4O3/c1-7(17)10-11(16-4-3-15-10)12(19-8(2)18)9(5-13)6-14/h3-4H,1-2H3. The first-order valence-corrected chi connectivity index (χ1v) is 5.06. The van der Waals surface area contributed by atoms with Crippen molar-refractivity contribution in [1.29, 1.82) is 10.5 Å². The second-order valence-corrected chi connectivity index (χ2v) is 3.33. The Labute approximate surface area is 108 Å². The maximum Gasteiger partial charge on any atom is 0.308 e. The summed E-state index contributed by atoms with van der Waals surface area (Å²) in [6.07, 6.45) is 2.54. The molecule has 0 aliphatic rings. The van der Waals surface area contributed by atoms with Gasteiger partial charge in [0.05, 0.1) is 0 Å². The van der Waals surface area contributed by atoms with Gasteiger partial charge in [0.2, 0.25) is 0 Å². The SMILES string of the molecule is CC(=O)OC(=C(C#N)C#N)c1nccnc1C(C)=O. The van der Waals surface area contributed by atoms with Crippen LogP contribution < -0.4 is 0 Å². The quantitative estimate of drug-likeness (QED) is 0.342. The Morgan fingerprint density at radius 2 is 1.63 bits per heavy atom. The molecule has 0 aromatic carbocycles. The zero-order valence-electron chi connectivity index (χ0n) is 10.2. The lowest BCUT2D eigenvalue weighted by molar-refractivity contribution is -0.134. The van der Waals surface area contributed by atoms with Gasteiger partial charge in [-0.2, -0.15) is 10.5 Å². The van der Waals surface area contributed by atoms with E-state index in [2.05, 4.69) is 9.97 Å². The van der Waals surface area contributed by atoms with Crippen molar-refractivity contribution >= 4 is 17.5 Å². The van der Waals surface area contributed by atoms with Crippen LogP contribution in [0.1, 0.15) is 30.0 Å². The van der Waals surface area contributed by atoms with Crippen LogP contribution in [0.5, 0.6) is 0 Å². The highest BCUT2D eigenvalue weighted by Crippen LogP contribution is 2.21. The Kier molecular flexibility index (Phi) is 4.44. The van der Waals surface area contributed by atoms with Crippen molar-refractivity contribution < 1.29 is 14.3 Å². The summed E-state index contributed by atoms with van der Waals surface area (Å²) < 4.78 is 4.81. The highest BCUT2D eigenvalue weighted by atomic mass is 16.5. The van der Waals surface area contributed by atoms with Gasteiger partial charge in [-0.1, -0.05) is 0 Å². The highest BCUT2D eigenvalue weighted by Gasteiger charge is 2.21. The van der Waals surface area contributed by atoms with Crippen molar-refractivity contribution in [2.24, 2.45) is 0 Å². The van der Waals surface area contributed by atoms with Gasteiger partial charge < -0.3 is 4.74 Å². The summed E-state index contributed by atoms with van der Waals surface area (Å²) in [6.45, 7) is 2.35. The Morgan fingerprint density at radius 1 is 1.11 bits per heavy atom. The second-order valence-electron chi connectivity index (χ2n) is 3.33. The third-order valence-corrected chi connectivity index (χ3v) is 1.94. The van der Waals surface area contributed by atoms with Gasteiger partial charge in [0.25, 0.3) is 0 Å². The van der Waals surface area contributed by atoms with Crippen molar-refractivity contribution in [3.8, 4) is 12.1 Å². The van der Waals surface area contributed by atoms with E-state index in [4.69, 9.17) is 15.3 Å². The molecule has 0 amide bonds. The Bertz CT molecular complexity index is 634. The topological polar surface area (TPSA) is 117 Å². The molecule has 0 aliphatic carbocycles. The zero-order valence-corrected chi connectivity index (χ0v) is 10.2. The van der Waals surface area contributed by atoms with Gasteiger partial charge in [0.1, 0.15) is 23.5 Å². The summed E-state index contributed by atoms with van der Waals surface area (Å²) in [6, 6.07) is 3.17. The number of hydrogen-bond acceptors (Lipinski definition) is 7. The fourth-order valence-electron chi connectivity index (χ4n) is 1.25. The molecule has 1 heterocycles. The summed E-state index contributed by atoms with van der Waals surface area (Å²) in [5, 5.41) is 17.7. The molecule has 0 radical (unpaired) electrons. The molecule has 1 aromatic heterocycles. The van der Waals surface area contributed by atoms with Crippen LogP contribution in [0.4, 0.5) is 0 Å². The van der Waals surface area contributed by atoms with Crippen LogP contribution in [0.15, 0.2) is 18.0 Å². The Hall–Kier alpha value is -3.06. The van der Waals surface area contributed by atoms with Crippen molar-refractivity contribution in [3.63, 3.8) is 0 Å². The molecule has 19 heavy (non-hydrogen) atoms. The largest absolute Gasteiger partial charge is 0.422 e. The number of nitriles is 2. The summed E-state index contributed by atoms with van der Waals surface area (Å²) in [5.74, 6) is -1.53. The average molecular weight is 256 g/mol. The normalized spacial score (nSPS) is 8.84. The van der Waals surface area contributed by atoms with Gasteiger partial charge in [-0.15, -0.1) is 0 Å². The van der Waals surface area contributed by atoms with Crippen LogP contribution >= 0.6 is 0 Å². The van der Waals surface area contributed by atoms with Crippen LogP contribution in [0, 0.1) is 22.7 Å². The summed E-state index contributed by atoms with van der Waals surface area (Å²) in [7, 11) is 0. The van der Waals surface area contributed by atoms with Crippen LogP contribution in [0.25, 0.3) is 5.76 Å². The number of allylic oxidation sites excluding steroid dienone is 1. The lowest BCUT2D eigenvalue weighted by Crippen LogP contribution is -2.09. The molecule has 0 N–H and O–H groups in total. The number of Topliss-reactive ketones (excluding diaryl/α,β-unsaturated/α-hetero) is 1. The van der Waals surface area contributed by atoms with Crippen LogP contribution in [-0.2, 0) is 9.53 Å². The number of esters is 1. The van der Waals surface area contributed by atoms with Crippen molar-refractivity contribution in [2.45, 2.75) is 13.8 Å². The summed E-state index contributed by atoms with van der Waals surface area (Å²) >= 11 is 0. The van der Waals surface area contributed by atoms with Gasteiger partial charge in [-0.05, 0) is 0 Å². The zero-order chi connectivity index (χ0) is 14.4. The number of rotatable bonds is 3. The Balaban J connectivity index is 3.57. The first kappa shape index (κ1) is 14.0. The van der Waals surface area contributed by atoms with E-state index in [1.165, 1.54) is 19.3 Å². The number of carbonyl (C=O) groups is 2. The second kappa shape index (κ2) is 6.03. The Morgan fingerprint density at radius 3 is 2.05 bits per heavy atom. The molecule has 0 atom stereocenters. The number of hydrogen-bond donors (Lipinski definition) is 0. The molecule has 0 saturated carbocycles. The van der Waals surface area contributed by atoms with Crippen LogP contribution in [-0.4, -0.2) is 21.7 Å². The number of ether oxygens (including phenoxy) is 1. The van der Waals surface area contributed by atoms with Gasteiger partial charge >= 0.3 is 5.97 Å². The summed E-state index contributed by atoms with van der Waals surface area (Å²) in [5.41, 5.74) is -0.650. The number of nitrogens with zero attached hydrogens (tertiary/aromatic N) is 4. The lowest BCUT2D eigenvalue weighted by atomic mass is 10.1. The number of aromatic nitrogens is 2. The average Bonchev–Trinajstić information content (AvgIpc) is 2.38. The number of ketones is 1. The van der Waals surface area contributed by atoms with Gasteiger partial charge in [-0.25, -0.2) is 9.97 Å². The maximum absolute atomic E-state index is 11.4. The molecule has 7 heteroatoms. The minimum absolute atomic E-state index is 0.0817. The predicted octanol–water partition coefficient (Wildman–Crippen LogP) is 1.00. The summed E-state index contributed by atoms with van der Waals surface area (Å²) in [4.78, 5) is 30.1. The van der Waals surface area contributed by atoms with E-state index in [1.54, 1.807) is 12.1 Å². The van der Waals surface area contributed by atoms with Crippen molar-refractivity contribution in [3.05, 3.63) is 29.4 Å². The molecule has 0 aliphatic heterocycles. The van der Waals surface area contributed by atoms with E-state index in [-0.39, 0.29) is 17.1 Å². The van der Waals surface area contributed by atoms with E-state index < -0.39 is 17.3 Å². The monoisotopic (exact) mass is 256 g/mol. The fraction of sp³-hybridized carbons (Fsp3) is 0.167. The molecule has 0 unspecified atom stereocenters. The van der Waals surface area contributed by atoms with Gasteiger partial charge in [-0.3, -0.25) is 9.59 Å². The van der Waals surface area contributed by atoms with Crippen molar-refractivity contribution in [2.75, 3.05) is 0 Å². The molecule has 0 bridgehead atoms. The molecular formula is C12H8N4O3. The third kappa shape index (κ3) is 3.20. The van der Waals surface area contributed by atoms with E-state index >= 15 is 0 Å². The van der Waals surface area contributed by atoms with Crippen LogP contribution in [0.3, 0.4) is 0 Å². The minimum atomic E-state index is -0.738. The molecule has 0 saturated heterocycles. The molecule has 94 valence electrons.